The molecule has 1 aliphatic carbocycles. The van der Waals surface area contributed by atoms with Crippen molar-refractivity contribution in [2.45, 2.75) is 45.6 Å². The maximum Gasteiger partial charge on any atom is 0.219 e. The smallest absolute Gasteiger partial charge is 0.219 e. The number of aryl methyl sites for hydroxylation is 3. The number of nitrogens with zero attached hydrogens (tertiary/aromatic N) is 4. The van der Waals surface area contributed by atoms with Crippen LogP contribution in [0.1, 0.15) is 53.8 Å². The molecule has 5 nitrogen and oxygen atoms in total. The van der Waals surface area contributed by atoms with E-state index in [9.17, 15) is 10.1 Å². The minimum absolute atomic E-state index is 0.0989. The predicted molar refractivity (Wildman–Crippen MR) is 116 cm³/mol. The molecule has 1 aromatic heterocycles. The van der Waals surface area contributed by atoms with Crippen LogP contribution < -0.4 is 4.90 Å². The summed E-state index contributed by atoms with van der Waals surface area (Å²) in [5.74, 6) is 1.77. The van der Waals surface area contributed by atoms with Gasteiger partial charge in [0.2, 0.25) is 5.91 Å². The zero-order chi connectivity index (χ0) is 20.8. The summed E-state index contributed by atoms with van der Waals surface area (Å²) in [6, 6.07) is 13.0. The average molecular weight is 401 g/mol. The summed E-state index contributed by atoms with van der Waals surface area (Å²) in [6.07, 6.45) is 4.41. The van der Waals surface area contributed by atoms with Crippen LogP contribution in [0.15, 0.2) is 30.3 Å². The molecule has 2 aromatic rings. The molecule has 0 bridgehead atoms. The van der Waals surface area contributed by atoms with Gasteiger partial charge in [0.25, 0.3) is 0 Å². The van der Waals surface area contributed by atoms with Crippen molar-refractivity contribution >= 4 is 11.7 Å². The molecule has 5 heteroatoms. The Kier molecular flexibility index (Phi) is 4.73. The number of pyridine rings is 1. The molecule has 0 unspecified atom stereocenters. The number of benzene rings is 1. The fourth-order valence-corrected chi connectivity index (χ4v) is 5.81. The van der Waals surface area contributed by atoms with Gasteiger partial charge in [-0.15, -0.1) is 0 Å². The molecule has 0 saturated carbocycles. The largest absolute Gasteiger partial charge is 0.355 e. The number of carbonyl (C=O) groups excluding carboxylic acids is 1. The van der Waals surface area contributed by atoms with Gasteiger partial charge in [-0.25, -0.2) is 4.98 Å². The SMILES string of the molecule is CC(=O)N1C[C@H]2CN(c3nc4c(cc3C#N)CCCC4)C[C@H]2[C@@H]1c1ccccc1C. The molecule has 154 valence electrons. The average Bonchev–Trinajstić information content (AvgIpc) is 3.31. The molecule has 2 aliphatic heterocycles. The first kappa shape index (κ1) is 19.1. The molecule has 3 atom stereocenters. The highest BCUT2D eigenvalue weighted by Gasteiger charge is 2.49. The van der Waals surface area contributed by atoms with Crippen LogP contribution in [0.4, 0.5) is 5.82 Å². The Morgan fingerprint density at radius 1 is 1.17 bits per heavy atom. The van der Waals surface area contributed by atoms with E-state index in [1.807, 2.05) is 0 Å². The Morgan fingerprint density at radius 2 is 1.97 bits per heavy atom. The maximum atomic E-state index is 12.4. The lowest BCUT2D eigenvalue weighted by Gasteiger charge is -2.31. The first-order chi connectivity index (χ1) is 14.6. The van der Waals surface area contributed by atoms with Crippen molar-refractivity contribution in [2.24, 2.45) is 11.8 Å². The summed E-state index contributed by atoms with van der Waals surface area (Å²) in [5.41, 5.74) is 5.61. The van der Waals surface area contributed by atoms with Crippen LogP contribution in [0, 0.1) is 30.1 Å². The Hall–Kier alpha value is -2.87. The second kappa shape index (κ2) is 7.43. The third kappa shape index (κ3) is 3.06. The van der Waals surface area contributed by atoms with Crippen LogP contribution in [0.25, 0.3) is 0 Å². The van der Waals surface area contributed by atoms with Crippen molar-refractivity contribution in [3.05, 3.63) is 58.3 Å². The zero-order valence-electron chi connectivity index (χ0n) is 17.8. The molecule has 1 aromatic carbocycles. The van der Waals surface area contributed by atoms with Gasteiger partial charge in [0.1, 0.15) is 11.9 Å². The minimum Gasteiger partial charge on any atom is -0.355 e. The van der Waals surface area contributed by atoms with Crippen molar-refractivity contribution < 1.29 is 4.79 Å². The van der Waals surface area contributed by atoms with E-state index in [0.717, 1.165) is 38.3 Å². The molecular formula is C25H28N4O. The number of hydrogen-bond donors (Lipinski definition) is 0. The van der Waals surface area contributed by atoms with Crippen molar-refractivity contribution in [3.8, 4) is 6.07 Å². The van der Waals surface area contributed by atoms with E-state index in [2.05, 4.69) is 53.1 Å². The van der Waals surface area contributed by atoms with Crippen molar-refractivity contribution in [1.82, 2.24) is 9.88 Å². The van der Waals surface area contributed by atoms with E-state index in [1.165, 1.54) is 35.2 Å². The number of amides is 1. The molecule has 1 amide bonds. The number of fused-ring (bicyclic) bond motifs is 2. The van der Waals surface area contributed by atoms with Crippen LogP contribution >= 0.6 is 0 Å². The Balaban J connectivity index is 1.49. The van der Waals surface area contributed by atoms with Gasteiger partial charge in [-0.3, -0.25) is 4.79 Å². The van der Waals surface area contributed by atoms with E-state index >= 15 is 0 Å². The topological polar surface area (TPSA) is 60.2 Å². The highest BCUT2D eigenvalue weighted by molar-refractivity contribution is 5.74. The molecule has 0 radical (unpaired) electrons. The number of nitriles is 1. The van der Waals surface area contributed by atoms with E-state index in [0.29, 0.717) is 17.4 Å². The van der Waals surface area contributed by atoms with Gasteiger partial charge >= 0.3 is 0 Å². The highest BCUT2D eigenvalue weighted by Crippen LogP contribution is 2.47. The van der Waals surface area contributed by atoms with Crippen LogP contribution in [0.2, 0.25) is 0 Å². The van der Waals surface area contributed by atoms with Crippen molar-refractivity contribution in [2.75, 3.05) is 24.5 Å². The lowest BCUT2D eigenvalue weighted by molar-refractivity contribution is -0.130. The Bertz CT molecular complexity index is 1040. The normalized spacial score (nSPS) is 25.0. The number of carbonyl (C=O) groups is 1. The van der Waals surface area contributed by atoms with E-state index in [4.69, 9.17) is 4.98 Å². The van der Waals surface area contributed by atoms with Gasteiger partial charge in [0.05, 0.1) is 11.6 Å². The van der Waals surface area contributed by atoms with Gasteiger partial charge in [0.15, 0.2) is 0 Å². The summed E-state index contributed by atoms with van der Waals surface area (Å²) in [6.45, 7) is 6.29. The molecule has 0 N–H and O–H groups in total. The number of hydrogen-bond acceptors (Lipinski definition) is 4. The molecule has 3 heterocycles. The monoisotopic (exact) mass is 400 g/mol. The third-order valence-corrected chi connectivity index (χ3v) is 7.28. The minimum atomic E-state index is 0.0989. The molecule has 2 saturated heterocycles. The fraction of sp³-hybridized carbons (Fsp3) is 0.480. The van der Waals surface area contributed by atoms with Crippen molar-refractivity contribution in [1.29, 1.82) is 5.26 Å². The highest BCUT2D eigenvalue weighted by atomic mass is 16.2. The number of anilines is 1. The first-order valence-electron chi connectivity index (χ1n) is 11.1. The second-order valence-electron chi connectivity index (χ2n) is 9.09. The molecule has 2 fully saturated rings. The van der Waals surface area contributed by atoms with E-state index in [-0.39, 0.29) is 11.9 Å². The van der Waals surface area contributed by atoms with Crippen LogP contribution in [0.5, 0.6) is 0 Å². The third-order valence-electron chi connectivity index (χ3n) is 7.28. The Labute approximate surface area is 178 Å². The van der Waals surface area contributed by atoms with E-state index < -0.39 is 0 Å². The lowest BCUT2D eigenvalue weighted by Crippen LogP contribution is -2.35. The predicted octanol–water partition coefficient (Wildman–Crippen LogP) is 3.80. The molecule has 0 spiro atoms. The van der Waals surface area contributed by atoms with Crippen LogP contribution in [0.3, 0.4) is 0 Å². The molecule has 30 heavy (non-hydrogen) atoms. The van der Waals surface area contributed by atoms with Crippen LogP contribution in [-0.4, -0.2) is 35.4 Å². The van der Waals surface area contributed by atoms with Gasteiger partial charge in [-0.2, -0.15) is 5.26 Å². The van der Waals surface area contributed by atoms with Gasteiger partial charge in [-0.05, 0) is 55.4 Å². The first-order valence-corrected chi connectivity index (χ1v) is 11.1. The van der Waals surface area contributed by atoms with Gasteiger partial charge in [0, 0.05) is 44.1 Å². The summed E-state index contributed by atoms with van der Waals surface area (Å²) in [4.78, 5) is 21.8. The second-order valence-corrected chi connectivity index (χ2v) is 9.09. The summed E-state index contributed by atoms with van der Waals surface area (Å²) in [5, 5.41) is 9.80. The Morgan fingerprint density at radius 3 is 2.73 bits per heavy atom. The summed E-state index contributed by atoms with van der Waals surface area (Å²) in [7, 11) is 0. The van der Waals surface area contributed by atoms with Crippen LogP contribution in [-0.2, 0) is 17.6 Å². The lowest BCUT2D eigenvalue weighted by atomic mass is 9.87. The van der Waals surface area contributed by atoms with Crippen molar-refractivity contribution in [3.63, 3.8) is 0 Å². The summed E-state index contributed by atoms with van der Waals surface area (Å²) < 4.78 is 0. The summed E-state index contributed by atoms with van der Waals surface area (Å²) >= 11 is 0. The number of rotatable bonds is 2. The standard InChI is InChI=1S/C25H28N4O/c1-16-7-3-5-9-21(16)24-22-15-28(13-20(22)14-29(24)17(2)30)25-19(12-26)11-18-8-4-6-10-23(18)27-25/h3,5,7,9,11,20,22,24H,4,6,8,10,13-15H2,1-2H3/t20-,22-,24+/m1/s1. The maximum absolute atomic E-state index is 12.4. The van der Waals surface area contributed by atoms with Gasteiger partial charge < -0.3 is 9.80 Å². The molecule has 3 aliphatic rings. The van der Waals surface area contributed by atoms with E-state index in [1.54, 1.807) is 6.92 Å². The molecule has 5 rings (SSSR count). The van der Waals surface area contributed by atoms with Gasteiger partial charge in [-0.1, -0.05) is 24.3 Å². The number of likely N-dealkylation sites (tertiary alicyclic amines) is 1. The zero-order valence-corrected chi connectivity index (χ0v) is 17.8. The fourth-order valence-electron chi connectivity index (χ4n) is 5.81. The number of aromatic nitrogens is 1. The quantitative estimate of drug-likeness (QED) is 0.769. The molecular weight excluding hydrogens is 372 g/mol.